The lowest BCUT2D eigenvalue weighted by molar-refractivity contribution is -0.151. The maximum Gasteiger partial charge on any atom is 0.306 e. The average Bonchev–Trinajstić information content (AvgIpc) is 3.30. The number of allylic oxidation sites excluding steroid dienone is 10. The Balaban J connectivity index is 4.62. The Kier molecular flexibility index (Phi) is 50.6. The molecule has 0 bridgehead atoms. The molecular formula is C59H107NO5. The van der Waals surface area contributed by atoms with Crippen molar-refractivity contribution in [1.29, 1.82) is 0 Å². The van der Waals surface area contributed by atoms with Crippen molar-refractivity contribution in [2.24, 2.45) is 0 Å². The molecule has 0 aliphatic rings. The number of nitrogens with one attached hydrogen (secondary N) is 1. The van der Waals surface area contributed by atoms with E-state index < -0.39 is 18.2 Å². The first-order valence-corrected chi connectivity index (χ1v) is 28.1. The number of rotatable bonds is 50. The van der Waals surface area contributed by atoms with Gasteiger partial charge in [0.05, 0.1) is 25.2 Å². The molecule has 0 saturated heterocycles. The summed E-state index contributed by atoms with van der Waals surface area (Å²) in [5, 5.41) is 23.9. The van der Waals surface area contributed by atoms with Gasteiger partial charge in [0, 0.05) is 6.42 Å². The zero-order chi connectivity index (χ0) is 47.4. The Bertz CT molecular complexity index is 1160. The fourth-order valence-corrected chi connectivity index (χ4v) is 8.51. The van der Waals surface area contributed by atoms with Gasteiger partial charge in [0.1, 0.15) is 6.10 Å². The van der Waals surface area contributed by atoms with Crippen molar-refractivity contribution in [3.63, 3.8) is 0 Å². The lowest BCUT2D eigenvalue weighted by atomic mass is 10.0. The van der Waals surface area contributed by atoms with E-state index in [2.05, 4.69) is 50.4 Å². The first-order valence-electron chi connectivity index (χ1n) is 28.1. The standard InChI is InChI=1S/C59H107NO5/c1-4-7-10-13-16-19-22-25-28-29-31-32-35-38-41-44-47-50-55(65-59(64)52-49-46-43-40-37-34-30-26-23-20-17-14-11-8-5-2)53-58(63)60-56(54-61)57(62)51-48-45-42-39-36-33-27-24-21-18-15-12-9-6-3/h8,11,14,17,20,23,26,30,34,37,55-57,61-62H,4-7,9-10,12-13,15-16,18-19,21-22,24-25,27-29,31-33,35-36,38-54H2,1-3H3,(H,60,63)/b11-8+,17-14+,23-20-,30-26-,37-34+. The van der Waals surface area contributed by atoms with Crippen LogP contribution in [0.2, 0.25) is 0 Å². The first-order chi connectivity index (χ1) is 32.0. The molecule has 0 fully saturated rings. The van der Waals surface area contributed by atoms with Gasteiger partial charge < -0.3 is 20.3 Å². The molecule has 0 radical (unpaired) electrons. The molecule has 0 heterocycles. The van der Waals surface area contributed by atoms with E-state index in [-0.39, 0.29) is 24.9 Å². The highest BCUT2D eigenvalue weighted by Gasteiger charge is 2.24. The monoisotopic (exact) mass is 910 g/mol. The summed E-state index contributed by atoms with van der Waals surface area (Å²) in [7, 11) is 0. The minimum Gasteiger partial charge on any atom is -0.462 e. The number of hydrogen-bond acceptors (Lipinski definition) is 5. The molecule has 0 aromatic heterocycles. The maximum absolute atomic E-state index is 13.3. The zero-order valence-corrected chi connectivity index (χ0v) is 43.1. The molecule has 0 saturated carbocycles. The van der Waals surface area contributed by atoms with Crippen molar-refractivity contribution in [1.82, 2.24) is 5.32 Å². The van der Waals surface area contributed by atoms with Crippen molar-refractivity contribution >= 4 is 11.9 Å². The minimum absolute atomic E-state index is 0.0619. The summed E-state index contributed by atoms with van der Waals surface area (Å²) < 4.78 is 5.94. The van der Waals surface area contributed by atoms with E-state index in [0.29, 0.717) is 19.3 Å². The molecule has 3 unspecified atom stereocenters. The molecule has 0 aromatic carbocycles. The van der Waals surface area contributed by atoms with Gasteiger partial charge in [0.2, 0.25) is 5.91 Å². The second kappa shape index (κ2) is 52.5. The van der Waals surface area contributed by atoms with Gasteiger partial charge in [-0.15, -0.1) is 0 Å². The van der Waals surface area contributed by atoms with Gasteiger partial charge in [-0.2, -0.15) is 0 Å². The van der Waals surface area contributed by atoms with Crippen LogP contribution in [0.3, 0.4) is 0 Å². The number of ether oxygens (including phenoxy) is 1. The van der Waals surface area contributed by atoms with Crippen molar-refractivity contribution in [3.05, 3.63) is 60.8 Å². The third-order valence-electron chi connectivity index (χ3n) is 12.7. The predicted octanol–water partition coefficient (Wildman–Crippen LogP) is 17.2. The number of carbonyl (C=O) groups is 2. The molecule has 6 nitrogen and oxygen atoms in total. The van der Waals surface area contributed by atoms with Gasteiger partial charge in [0.25, 0.3) is 0 Å². The summed E-state index contributed by atoms with van der Waals surface area (Å²) >= 11 is 0. The van der Waals surface area contributed by atoms with Gasteiger partial charge in [-0.05, 0) is 44.9 Å². The van der Waals surface area contributed by atoms with E-state index in [1.54, 1.807) is 0 Å². The van der Waals surface area contributed by atoms with Crippen LogP contribution in [0.15, 0.2) is 60.8 Å². The second-order valence-electron chi connectivity index (χ2n) is 19.1. The molecule has 3 N–H and O–H groups in total. The number of hydrogen-bond donors (Lipinski definition) is 3. The second-order valence-corrected chi connectivity index (χ2v) is 19.1. The smallest absolute Gasteiger partial charge is 0.306 e. The number of unbranched alkanes of at least 4 members (excludes halogenated alkanes) is 32. The van der Waals surface area contributed by atoms with Crippen molar-refractivity contribution in [2.75, 3.05) is 6.61 Å². The Labute approximate surface area is 403 Å². The summed E-state index contributed by atoms with van der Waals surface area (Å²) in [4.78, 5) is 26.2. The SMILES string of the molecule is CC/C=C/C=C/C=C\C=C/C=C/CCCCCC(=O)OC(CCCCCCCCCCCCCCCCCCC)CC(=O)NC(CO)C(O)CCCCCCCCCCCCCCCC. The van der Waals surface area contributed by atoms with Crippen LogP contribution in [0, 0.1) is 0 Å². The number of amides is 1. The van der Waals surface area contributed by atoms with Gasteiger partial charge in [-0.3, -0.25) is 9.59 Å². The van der Waals surface area contributed by atoms with Crippen molar-refractivity contribution in [3.8, 4) is 0 Å². The quantitative estimate of drug-likeness (QED) is 0.0321. The summed E-state index contributed by atoms with van der Waals surface area (Å²) in [6.45, 7) is 6.36. The Morgan fingerprint density at radius 3 is 1.25 bits per heavy atom. The third kappa shape index (κ3) is 47.8. The van der Waals surface area contributed by atoms with E-state index in [9.17, 15) is 19.8 Å². The van der Waals surface area contributed by atoms with Crippen LogP contribution in [0.1, 0.15) is 278 Å². The third-order valence-corrected chi connectivity index (χ3v) is 12.7. The van der Waals surface area contributed by atoms with Gasteiger partial charge in [-0.1, -0.05) is 281 Å². The van der Waals surface area contributed by atoms with Crippen LogP contribution in [0.25, 0.3) is 0 Å². The van der Waals surface area contributed by atoms with Crippen LogP contribution in [0.5, 0.6) is 0 Å². The fourth-order valence-electron chi connectivity index (χ4n) is 8.51. The lowest BCUT2D eigenvalue weighted by Gasteiger charge is -2.24. The van der Waals surface area contributed by atoms with Gasteiger partial charge in [-0.25, -0.2) is 0 Å². The highest BCUT2D eigenvalue weighted by Crippen LogP contribution is 2.19. The number of carbonyl (C=O) groups excluding carboxylic acids is 2. The molecule has 0 rings (SSSR count). The van der Waals surface area contributed by atoms with E-state index >= 15 is 0 Å². The molecule has 0 aliphatic carbocycles. The Hall–Kier alpha value is -2.44. The Morgan fingerprint density at radius 2 is 0.831 bits per heavy atom. The summed E-state index contributed by atoms with van der Waals surface area (Å²) in [5.41, 5.74) is 0. The highest BCUT2D eigenvalue weighted by molar-refractivity contribution is 5.77. The highest BCUT2D eigenvalue weighted by atomic mass is 16.5. The molecule has 0 spiro atoms. The van der Waals surface area contributed by atoms with Crippen molar-refractivity contribution in [2.45, 2.75) is 296 Å². The van der Waals surface area contributed by atoms with Crippen LogP contribution < -0.4 is 5.32 Å². The average molecular weight is 911 g/mol. The molecular weight excluding hydrogens is 803 g/mol. The van der Waals surface area contributed by atoms with E-state index in [4.69, 9.17) is 4.74 Å². The predicted molar refractivity (Wildman–Crippen MR) is 282 cm³/mol. The van der Waals surface area contributed by atoms with Crippen molar-refractivity contribution < 1.29 is 24.5 Å². The van der Waals surface area contributed by atoms with Crippen LogP contribution in [-0.2, 0) is 14.3 Å². The lowest BCUT2D eigenvalue weighted by Crippen LogP contribution is -2.46. The number of aliphatic hydroxyl groups is 2. The molecule has 65 heavy (non-hydrogen) atoms. The molecule has 6 heteroatoms. The molecule has 0 aliphatic heterocycles. The van der Waals surface area contributed by atoms with Gasteiger partial charge >= 0.3 is 5.97 Å². The van der Waals surface area contributed by atoms with Gasteiger partial charge in [0.15, 0.2) is 0 Å². The summed E-state index contributed by atoms with van der Waals surface area (Å²) in [5.74, 6) is -0.512. The zero-order valence-electron chi connectivity index (χ0n) is 43.1. The van der Waals surface area contributed by atoms with E-state index in [1.807, 2.05) is 36.5 Å². The number of aliphatic hydroxyl groups excluding tert-OH is 2. The minimum atomic E-state index is -0.796. The summed E-state index contributed by atoms with van der Waals surface area (Å²) in [6.07, 6.45) is 65.7. The Morgan fingerprint density at radius 1 is 0.462 bits per heavy atom. The van der Waals surface area contributed by atoms with Crippen LogP contribution in [0.4, 0.5) is 0 Å². The van der Waals surface area contributed by atoms with Crippen LogP contribution in [-0.4, -0.2) is 46.9 Å². The number of esters is 1. The van der Waals surface area contributed by atoms with Crippen LogP contribution >= 0.6 is 0 Å². The fraction of sp³-hybridized carbons (Fsp3) is 0.797. The van der Waals surface area contributed by atoms with E-state index in [1.165, 1.54) is 161 Å². The molecule has 378 valence electrons. The molecule has 1 amide bonds. The molecule has 3 atom stereocenters. The topological polar surface area (TPSA) is 95.9 Å². The maximum atomic E-state index is 13.3. The summed E-state index contributed by atoms with van der Waals surface area (Å²) in [6, 6.07) is -0.711. The molecule has 0 aromatic rings. The normalized spacial score (nSPS) is 13.6. The van der Waals surface area contributed by atoms with E-state index in [0.717, 1.165) is 70.6 Å². The first kappa shape index (κ1) is 62.6. The largest absolute Gasteiger partial charge is 0.462 e.